The number of hydrogen-bond acceptors (Lipinski definition) is 3. The molecule has 0 saturated heterocycles. The Balaban J connectivity index is 2.16. The van der Waals surface area contributed by atoms with Crippen molar-refractivity contribution in [2.75, 3.05) is 19.6 Å². The van der Waals surface area contributed by atoms with Crippen LogP contribution in [0.15, 0.2) is 18.2 Å². The molecule has 0 spiro atoms. The monoisotopic (exact) mass is 276 g/mol. The Hall–Kier alpha value is -0.320. The predicted octanol–water partition coefficient (Wildman–Crippen LogP) is 2.05. The van der Waals surface area contributed by atoms with Gasteiger partial charge in [0.1, 0.15) is 0 Å². The molecule has 96 valence electrons. The summed E-state index contributed by atoms with van der Waals surface area (Å²) in [7, 11) is 0. The molecule has 1 aromatic carbocycles. The Kier molecular flexibility index (Phi) is 6.85. The first-order valence-corrected chi connectivity index (χ1v) is 6.38. The van der Waals surface area contributed by atoms with Gasteiger partial charge in [-0.15, -0.1) is 0 Å². The molecule has 0 saturated carbocycles. The normalized spacial score (nSPS) is 12.7. The maximum absolute atomic E-state index is 9.03. The van der Waals surface area contributed by atoms with E-state index in [4.69, 9.17) is 28.3 Å². The molecule has 3 N–H and O–H groups in total. The Morgan fingerprint density at radius 2 is 1.88 bits per heavy atom. The first-order chi connectivity index (χ1) is 8.09. The van der Waals surface area contributed by atoms with Gasteiger partial charge in [0, 0.05) is 26.2 Å². The van der Waals surface area contributed by atoms with Crippen molar-refractivity contribution < 1.29 is 5.11 Å². The van der Waals surface area contributed by atoms with Crippen molar-refractivity contribution in [3.63, 3.8) is 0 Å². The van der Waals surface area contributed by atoms with E-state index in [-0.39, 0.29) is 6.10 Å². The Bertz CT molecular complexity index is 345. The highest BCUT2D eigenvalue weighted by atomic mass is 35.5. The number of benzene rings is 1. The number of halogens is 2. The quantitative estimate of drug-likeness (QED) is 0.668. The van der Waals surface area contributed by atoms with Crippen molar-refractivity contribution in [1.82, 2.24) is 10.6 Å². The predicted molar refractivity (Wildman–Crippen MR) is 72.7 cm³/mol. The van der Waals surface area contributed by atoms with Gasteiger partial charge in [-0.2, -0.15) is 0 Å². The van der Waals surface area contributed by atoms with Crippen LogP contribution in [0.3, 0.4) is 0 Å². The van der Waals surface area contributed by atoms with Gasteiger partial charge < -0.3 is 15.7 Å². The molecule has 0 bridgehead atoms. The average molecular weight is 277 g/mol. The fourth-order valence-electron chi connectivity index (χ4n) is 1.37. The van der Waals surface area contributed by atoms with Gasteiger partial charge in [0.15, 0.2) is 0 Å². The van der Waals surface area contributed by atoms with Crippen LogP contribution < -0.4 is 10.6 Å². The van der Waals surface area contributed by atoms with Crippen LogP contribution in [0.2, 0.25) is 10.0 Å². The minimum Gasteiger partial charge on any atom is -0.392 e. The molecule has 1 aromatic rings. The summed E-state index contributed by atoms with van der Waals surface area (Å²) in [4.78, 5) is 0. The Morgan fingerprint density at radius 3 is 2.53 bits per heavy atom. The van der Waals surface area contributed by atoms with Crippen LogP contribution in [0, 0.1) is 0 Å². The van der Waals surface area contributed by atoms with Gasteiger partial charge in [-0.3, -0.25) is 0 Å². The Labute approximate surface area is 112 Å². The van der Waals surface area contributed by atoms with Gasteiger partial charge in [0.05, 0.1) is 16.1 Å². The van der Waals surface area contributed by atoms with Crippen molar-refractivity contribution in [1.29, 1.82) is 0 Å². The van der Waals surface area contributed by atoms with Crippen LogP contribution in [0.1, 0.15) is 12.5 Å². The second-order valence-electron chi connectivity index (χ2n) is 3.98. The highest BCUT2D eigenvalue weighted by Crippen LogP contribution is 2.22. The molecule has 5 heteroatoms. The molecule has 0 unspecified atom stereocenters. The molecule has 0 radical (unpaired) electrons. The van der Waals surface area contributed by atoms with Crippen LogP contribution in [-0.2, 0) is 6.54 Å². The number of hydrogen-bond donors (Lipinski definition) is 3. The molecule has 0 aliphatic rings. The molecule has 0 heterocycles. The van der Waals surface area contributed by atoms with Gasteiger partial charge >= 0.3 is 0 Å². The topological polar surface area (TPSA) is 44.3 Å². The van der Waals surface area contributed by atoms with E-state index in [2.05, 4.69) is 10.6 Å². The van der Waals surface area contributed by atoms with Crippen LogP contribution in [0.5, 0.6) is 0 Å². The second-order valence-corrected chi connectivity index (χ2v) is 4.79. The molecule has 0 aliphatic carbocycles. The van der Waals surface area contributed by atoms with E-state index < -0.39 is 0 Å². The molecule has 1 rings (SSSR count). The largest absolute Gasteiger partial charge is 0.392 e. The molecular formula is C12H18Cl2N2O. The van der Waals surface area contributed by atoms with Gasteiger partial charge in [0.2, 0.25) is 0 Å². The van der Waals surface area contributed by atoms with E-state index in [1.807, 2.05) is 12.1 Å². The minimum atomic E-state index is -0.301. The van der Waals surface area contributed by atoms with Gasteiger partial charge in [-0.05, 0) is 24.6 Å². The summed E-state index contributed by atoms with van der Waals surface area (Å²) < 4.78 is 0. The van der Waals surface area contributed by atoms with Crippen molar-refractivity contribution in [3.05, 3.63) is 33.8 Å². The minimum absolute atomic E-state index is 0.301. The zero-order chi connectivity index (χ0) is 12.7. The van der Waals surface area contributed by atoms with E-state index in [1.54, 1.807) is 13.0 Å². The van der Waals surface area contributed by atoms with Crippen LogP contribution in [0.25, 0.3) is 0 Å². The fraction of sp³-hybridized carbons (Fsp3) is 0.500. The van der Waals surface area contributed by atoms with Crippen LogP contribution in [-0.4, -0.2) is 30.8 Å². The zero-order valence-corrected chi connectivity index (χ0v) is 11.4. The highest BCUT2D eigenvalue weighted by molar-refractivity contribution is 6.42. The van der Waals surface area contributed by atoms with Crippen LogP contribution in [0.4, 0.5) is 0 Å². The maximum Gasteiger partial charge on any atom is 0.0636 e. The van der Waals surface area contributed by atoms with Gasteiger partial charge in [0.25, 0.3) is 0 Å². The average Bonchev–Trinajstić information content (AvgIpc) is 2.27. The van der Waals surface area contributed by atoms with E-state index >= 15 is 0 Å². The number of aliphatic hydroxyl groups excluding tert-OH is 1. The van der Waals surface area contributed by atoms with Crippen molar-refractivity contribution >= 4 is 23.2 Å². The lowest BCUT2D eigenvalue weighted by atomic mass is 10.2. The third-order valence-corrected chi connectivity index (χ3v) is 2.97. The maximum atomic E-state index is 9.03. The molecule has 0 amide bonds. The molecule has 0 fully saturated rings. The smallest absolute Gasteiger partial charge is 0.0636 e. The first-order valence-electron chi connectivity index (χ1n) is 5.63. The zero-order valence-electron chi connectivity index (χ0n) is 9.84. The summed E-state index contributed by atoms with van der Waals surface area (Å²) in [6.07, 6.45) is -0.301. The van der Waals surface area contributed by atoms with E-state index in [0.717, 1.165) is 25.2 Å². The molecule has 0 aromatic heterocycles. The third-order valence-electron chi connectivity index (χ3n) is 2.23. The molecule has 1 atom stereocenters. The standard InChI is InChI=1S/C12H18Cl2N2O/c1-9(17)7-15-4-5-16-8-10-2-3-11(13)12(14)6-10/h2-3,6,9,15-17H,4-5,7-8H2,1H3/t9-/m0/s1. The summed E-state index contributed by atoms with van der Waals surface area (Å²) >= 11 is 11.7. The third kappa shape index (κ3) is 6.24. The number of rotatable bonds is 7. The summed E-state index contributed by atoms with van der Waals surface area (Å²) in [5.74, 6) is 0. The lowest BCUT2D eigenvalue weighted by Crippen LogP contribution is -2.31. The molecule has 3 nitrogen and oxygen atoms in total. The van der Waals surface area contributed by atoms with Gasteiger partial charge in [-0.25, -0.2) is 0 Å². The Morgan fingerprint density at radius 1 is 1.18 bits per heavy atom. The van der Waals surface area contributed by atoms with E-state index in [1.165, 1.54) is 0 Å². The van der Waals surface area contributed by atoms with E-state index in [9.17, 15) is 0 Å². The highest BCUT2D eigenvalue weighted by Gasteiger charge is 1.99. The summed E-state index contributed by atoms with van der Waals surface area (Å²) in [5, 5.41) is 16.6. The summed E-state index contributed by atoms with van der Waals surface area (Å²) in [5.41, 5.74) is 1.11. The lowest BCUT2D eigenvalue weighted by molar-refractivity contribution is 0.191. The van der Waals surface area contributed by atoms with Crippen LogP contribution >= 0.6 is 23.2 Å². The SMILES string of the molecule is C[C@H](O)CNCCNCc1ccc(Cl)c(Cl)c1. The van der Waals surface area contributed by atoms with E-state index in [0.29, 0.717) is 16.6 Å². The summed E-state index contributed by atoms with van der Waals surface area (Å²) in [6, 6.07) is 5.61. The second kappa shape index (κ2) is 7.90. The number of aliphatic hydroxyl groups is 1. The van der Waals surface area contributed by atoms with Crippen molar-refractivity contribution in [2.24, 2.45) is 0 Å². The molecule has 17 heavy (non-hydrogen) atoms. The first kappa shape index (κ1) is 14.7. The van der Waals surface area contributed by atoms with Crippen molar-refractivity contribution in [3.8, 4) is 0 Å². The summed E-state index contributed by atoms with van der Waals surface area (Å²) in [6.45, 7) is 4.80. The van der Waals surface area contributed by atoms with Crippen molar-refractivity contribution in [2.45, 2.75) is 19.6 Å². The molecule has 0 aliphatic heterocycles. The van der Waals surface area contributed by atoms with Gasteiger partial charge in [-0.1, -0.05) is 29.3 Å². The fourth-order valence-corrected chi connectivity index (χ4v) is 1.69. The molecular weight excluding hydrogens is 259 g/mol. The lowest BCUT2D eigenvalue weighted by Gasteiger charge is -2.08. The number of nitrogens with one attached hydrogen (secondary N) is 2.